The first-order valence-corrected chi connectivity index (χ1v) is 23.1. The van der Waals surface area contributed by atoms with E-state index in [-0.39, 0.29) is 0 Å². The summed E-state index contributed by atoms with van der Waals surface area (Å²) in [6, 6.07) is 37.2. The van der Waals surface area contributed by atoms with Gasteiger partial charge in [0.25, 0.3) is 0 Å². The predicted octanol–water partition coefficient (Wildman–Crippen LogP) is 11.1. The van der Waals surface area contributed by atoms with E-state index in [0.717, 1.165) is 18.7 Å². The molecule has 0 saturated carbocycles. The summed E-state index contributed by atoms with van der Waals surface area (Å²) in [5.74, 6) is 0. The van der Waals surface area contributed by atoms with Crippen LogP contribution in [0, 0.1) is 48.2 Å². The summed E-state index contributed by atoms with van der Waals surface area (Å²) in [5, 5.41) is 1.18. The van der Waals surface area contributed by atoms with Crippen molar-refractivity contribution in [3.63, 3.8) is 0 Å². The average Bonchev–Trinajstić information content (AvgIpc) is 3.58. The van der Waals surface area contributed by atoms with Gasteiger partial charge in [-0.05, 0) is 104 Å². The van der Waals surface area contributed by atoms with Crippen LogP contribution in [0.15, 0.2) is 134 Å². The molecule has 0 N–H and O–H groups in total. The van der Waals surface area contributed by atoms with Gasteiger partial charge in [0.1, 0.15) is 0 Å². The Hall–Kier alpha value is -3.72. The van der Waals surface area contributed by atoms with Gasteiger partial charge in [0.05, 0.1) is 0 Å². The van der Waals surface area contributed by atoms with Crippen LogP contribution in [0.3, 0.4) is 0 Å². The van der Waals surface area contributed by atoms with Gasteiger partial charge in [0, 0.05) is 49.3 Å². The van der Waals surface area contributed by atoms with Crippen LogP contribution < -0.4 is 15.1 Å². The van der Waals surface area contributed by atoms with Gasteiger partial charge in [-0.1, -0.05) is 65.7 Å². The molecule has 1 unspecified atom stereocenters. The maximum atomic E-state index is 5.67. The molecule has 1 saturated heterocycles. The second-order valence-corrected chi connectivity index (χ2v) is 19.0. The summed E-state index contributed by atoms with van der Waals surface area (Å²) in [6.45, 7) is 17.6. The average molecular weight is 836 g/mol. The van der Waals surface area contributed by atoms with E-state index in [9.17, 15) is 0 Å². The van der Waals surface area contributed by atoms with Gasteiger partial charge in [-0.3, -0.25) is 9.97 Å². The number of aryl methyl sites for hydroxylation is 6. The maximum absolute atomic E-state index is 5.67. The van der Waals surface area contributed by atoms with Crippen molar-refractivity contribution in [1.29, 1.82) is 0 Å². The van der Waals surface area contributed by atoms with Gasteiger partial charge in [-0.15, -0.1) is 9.24 Å². The third-order valence-corrected chi connectivity index (χ3v) is 10.5. The number of anilines is 2. The number of nitrogens with zero attached hydrogens (tertiary/aromatic N) is 4. The minimum Gasteiger partial charge on any atom is -0.265 e. The fourth-order valence-corrected chi connectivity index (χ4v) is 8.24. The van der Waals surface area contributed by atoms with Gasteiger partial charge in [-0.25, -0.2) is 0 Å². The topological polar surface area (TPSA) is 32.3 Å². The van der Waals surface area contributed by atoms with E-state index >= 15 is 0 Å². The zero-order valence-corrected chi connectivity index (χ0v) is 35.2. The van der Waals surface area contributed by atoms with Crippen LogP contribution in [0.4, 0.5) is 11.4 Å². The monoisotopic (exact) mass is 835 g/mol. The minimum absolute atomic E-state index is 1.04. The predicted molar refractivity (Wildman–Crippen MR) is 227 cm³/mol. The van der Waals surface area contributed by atoms with E-state index in [2.05, 4.69) is 114 Å². The first-order chi connectivity index (χ1) is 25.0. The Balaban J connectivity index is 0.000000174. The van der Waals surface area contributed by atoms with E-state index < -0.39 is 13.5 Å². The molecule has 1 atom stereocenters. The zero-order chi connectivity index (χ0) is 37.5. The van der Waals surface area contributed by atoms with Crippen molar-refractivity contribution in [3.05, 3.63) is 180 Å². The van der Waals surface area contributed by atoms with E-state index in [1.807, 2.05) is 89.8 Å². The van der Waals surface area contributed by atoms with E-state index in [4.69, 9.17) is 19.4 Å². The van der Waals surface area contributed by atoms with Gasteiger partial charge in [0.15, 0.2) is 0 Å². The molecule has 6 aromatic rings. The Morgan fingerprint density at radius 1 is 0.577 bits per heavy atom. The van der Waals surface area contributed by atoms with Crippen molar-refractivity contribution in [2.75, 3.05) is 22.9 Å². The van der Waals surface area contributed by atoms with E-state index in [1.54, 1.807) is 12.4 Å². The summed E-state index contributed by atoms with van der Waals surface area (Å²) >= 11 is -1.61. The molecule has 1 aliphatic heterocycles. The fourth-order valence-electron chi connectivity index (χ4n) is 6.24. The van der Waals surface area contributed by atoms with Crippen molar-refractivity contribution < 1.29 is 13.5 Å². The van der Waals surface area contributed by atoms with Gasteiger partial charge in [-0.2, -0.15) is 6.67 Å². The molecule has 0 aliphatic carbocycles. The number of benzene rings is 4. The van der Waals surface area contributed by atoms with Crippen LogP contribution >= 0.6 is 28.6 Å². The van der Waals surface area contributed by atoms with Crippen molar-refractivity contribution in [1.82, 2.24) is 9.97 Å². The molecule has 4 aromatic carbocycles. The Morgan fingerprint density at radius 3 is 1.35 bits per heavy atom. The third kappa shape index (κ3) is 13.0. The molecule has 0 radical (unpaired) electrons. The van der Waals surface area contributed by atoms with Crippen LogP contribution in [0.1, 0.15) is 38.9 Å². The molecule has 0 spiro atoms. The standard InChI is InChI=1S/C21H27N2.C11H9N.C7H6.C5H6NP.2ClH.Ru/c1-14-9-16(3)20(17(4)10-14)22-7-8-23(13-22)21-18(5)11-15(2)12-19(21)6;1-2-4-10(5-3-1)11-6-8-12-9-7-11;1-7-5-3-2-4-6-7;7-5-1-3-6-4-2-5;;;/h9-13H,7-8H2,1-6H3;1-9H;1-6H;1-4H,7H2;2*1H;/q-1;;;;;;+2/p-2. The quantitative estimate of drug-likeness (QED) is 0.101. The molecule has 0 amide bonds. The first kappa shape index (κ1) is 41.0. The molecule has 1 fully saturated rings. The summed E-state index contributed by atoms with van der Waals surface area (Å²) in [7, 11) is 13.9. The molecule has 2 aromatic heterocycles. The molecule has 52 heavy (non-hydrogen) atoms. The molecule has 7 rings (SSSR count). The maximum Gasteiger partial charge on any atom is 0.0273 e. The normalized spacial score (nSPS) is 12.0. The summed E-state index contributed by atoms with van der Waals surface area (Å²) in [6.07, 6.45) is 7.15. The number of halogens is 2. The number of pyridine rings is 2. The molecule has 8 heteroatoms. The fraction of sp³-hybridized carbons (Fsp3) is 0.182. The van der Waals surface area contributed by atoms with Crippen molar-refractivity contribution >= 4 is 49.9 Å². The Kier molecular flexibility index (Phi) is 16.7. The molecule has 272 valence electrons. The Labute approximate surface area is 326 Å². The number of aromatic nitrogens is 2. The van der Waals surface area contributed by atoms with E-state index in [1.165, 1.54) is 61.2 Å². The zero-order valence-electron chi connectivity index (χ0n) is 30.7. The van der Waals surface area contributed by atoms with E-state index in [0.29, 0.717) is 0 Å². The molecule has 0 bridgehead atoms. The summed E-state index contributed by atoms with van der Waals surface area (Å²) in [5.41, 5.74) is 14.4. The van der Waals surface area contributed by atoms with Gasteiger partial charge in [0.2, 0.25) is 0 Å². The van der Waals surface area contributed by atoms with Crippen LogP contribution in [0.25, 0.3) is 11.1 Å². The largest absolute Gasteiger partial charge is 0.265 e. The van der Waals surface area contributed by atoms with Crippen LogP contribution in [-0.2, 0) is 13.5 Å². The first-order valence-electron chi connectivity index (χ1n) is 17.0. The Bertz CT molecular complexity index is 1860. The van der Waals surface area contributed by atoms with Gasteiger partial charge < -0.3 is 9.80 Å². The van der Waals surface area contributed by atoms with Crippen molar-refractivity contribution in [2.24, 2.45) is 0 Å². The minimum atomic E-state index is -1.61. The van der Waals surface area contributed by atoms with Crippen LogP contribution in [0.5, 0.6) is 0 Å². The van der Waals surface area contributed by atoms with Crippen LogP contribution in [-0.4, -0.2) is 27.7 Å². The summed E-state index contributed by atoms with van der Waals surface area (Å²) < 4.78 is 1.92. The second-order valence-electron chi connectivity index (χ2n) is 12.6. The molecule has 3 heterocycles. The van der Waals surface area contributed by atoms with Crippen molar-refractivity contribution in [2.45, 2.75) is 41.5 Å². The van der Waals surface area contributed by atoms with Gasteiger partial charge >= 0.3 is 73.4 Å². The second kappa shape index (κ2) is 21.1. The number of rotatable bonds is 4. The SMILES string of the molecule is Cc1cc(C)c(N2[CH-]N(c3c(C)cc(C)cc3C)CC2)c(C)c1.Pc1ccncc1.[Cl][Ru]([Cl])=[CH]c1ccccc1.c1ccc(-c2ccncc2)cc1. The number of hydrogen-bond acceptors (Lipinski definition) is 4. The molecule has 4 nitrogen and oxygen atoms in total. The van der Waals surface area contributed by atoms with Crippen LogP contribution in [0.2, 0.25) is 0 Å². The molecular formula is C44H48Cl2N4PRu-. The Morgan fingerprint density at radius 2 is 0.962 bits per heavy atom. The summed E-state index contributed by atoms with van der Waals surface area (Å²) in [4.78, 5) is 12.6. The molecular weight excluding hydrogens is 787 g/mol. The molecule has 1 aliphatic rings. The smallest absolute Gasteiger partial charge is 0.0273 e. The van der Waals surface area contributed by atoms with Crippen molar-refractivity contribution in [3.8, 4) is 11.1 Å². The number of hydrogen-bond donors (Lipinski definition) is 0. The third-order valence-electron chi connectivity index (χ3n) is 8.19.